The van der Waals surface area contributed by atoms with Gasteiger partial charge in [0.25, 0.3) is 0 Å². The first-order valence-corrected chi connectivity index (χ1v) is 7.00. The second kappa shape index (κ2) is 5.53. The lowest BCUT2D eigenvalue weighted by molar-refractivity contribution is 0.865. The predicted molar refractivity (Wildman–Crippen MR) is 79.3 cm³/mol. The molecule has 2 aromatic rings. The molecule has 1 atom stereocenters. The van der Waals surface area contributed by atoms with Crippen LogP contribution in [0.5, 0.6) is 0 Å². The van der Waals surface area contributed by atoms with Crippen molar-refractivity contribution in [2.45, 2.75) is 6.04 Å². The van der Waals surface area contributed by atoms with Gasteiger partial charge in [-0.25, -0.2) is 0 Å². The third-order valence-corrected chi connectivity index (χ3v) is 3.98. The van der Waals surface area contributed by atoms with Crippen molar-refractivity contribution in [1.29, 1.82) is 0 Å². The molecule has 1 unspecified atom stereocenters. The quantitative estimate of drug-likeness (QED) is 0.793. The van der Waals surface area contributed by atoms with E-state index in [-0.39, 0.29) is 6.04 Å². The molecule has 0 aromatic heterocycles. The largest absolute Gasteiger partial charge is 0.320 e. The van der Waals surface area contributed by atoms with Crippen LogP contribution >= 0.6 is 43.5 Å². The minimum Gasteiger partial charge on any atom is -0.320 e. The molecule has 0 radical (unpaired) electrons. The van der Waals surface area contributed by atoms with Gasteiger partial charge in [0.2, 0.25) is 0 Å². The number of benzene rings is 2. The average Bonchev–Trinajstić information content (AvgIpc) is 2.29. The molecule has 0 amide bonds. The van der Waals surface area contributed by atoms with Gasteiger partial charge in [0.1, 0.15) is 0 Å². The Morgan fingerprint density at radius 2 is 1.65 bits per heavy atom. The van der Waals surface area contributed by atoms with Crippen molar-refractivity contribution in [3.63, 3.8) is 0 Å². The fourth-order valence-electron chi connectivity index (χ4n) is 1.60. The highest BCUT2D eigenvalue weighted by molar-refractivity contribution is 9.10. The van der Waals surface area contributed by atoms with Crippen molar-refractivity contribution in [3.8, 4) is 0 Å². The van der Waals surface area contributed by atoms with Crippen LogP contribution in [0, 0.1) is 0 Å². The number of hydrogen-bond donors (Lipinski definition) is 1. The summed E-state index contributed by atoms with van der Waals surface area (Å²) < 4.78 is 1.98. The summed E-state index contributed by atoms with van der Waals surface area (Å²) in [4.78, 5) is 0. The summed E-state index contributed by atoms with van der Waals surface area (Å²) >= 11 is 12.8. The molecule has 17 heavy (non-hydrogen) atoms. The van der Waals surface area contributed by atoms with Crippen LogP contribution in [0.25, 0.3) is 0 Å². The minimum atomic E-state index is -0.158. The van der Waals surface area contributed by atoms with E-state index >= 15 is 0 Å². The van der Waals surface area contributed by atoms with E-state index in [1.807, 2.05) is 42.5 Å². The van der Waals surface area contributed by atoms with E-state index in [0.717, 1.165) is 20.1 Å². The van der Waals surface area contributed by atoms with Gasteiger partial charge in [0, 0.05) is 14.0 Å². The molecule has 0 fully saturated rings. The third kappa shape index (κ3) is 3.10. The van der Waals surface area contributed by atoms with Crippen LogP contribution in [0.3, 0.4) is 0 Å². The van der Waals surface area contributed by atoms with Gasteiger partial charge in [-0.15, -0.1) is 0 Å². The summed E-state index contributed by atoms with van der Waals surface area (Å²) in [5.41, 5.74) is 8.32. The Morgan fingerprint density at radius 3 is 2.24 bits per heavy atom. The SMILES string of the molecule is NC(c1ccc(Br)cc1)c1ccc(Cl)cc1Br. The van der Waals surface area contributed by atoms with Crippen LogP contribution in [0.1, 0.15) is 17.2 Å². The molecule has 0 saturated carbocycles. The molecule has 88 valence electrons. The van der Waals surface area contributed by atoms with Crippen molar-refractivity contribution < 1.29 is 0 Å². The molecule has 0 heterocycles. The highest BCUT2D eigenvalue weighted by Gasteiger charge is 2.12. The summed E-state index contributed by atoms with van der Waals surface area (Å²) in [6, 6.07) is 13.5. The number of halogens is 3. The fourth-order valence-corrected chi connectivity index (χ4v) is 2.80. The molecule has 0 aliphatic heterocycles. The number of nitrogens with two attached hydrogens (primary N) is 1. The Labute approximate surface area is 122 Å². The van der Waals surface area contributed by atoms with Crippen molar-refractivity contribution in [3.05, 3.63) is 67.6 Å². The molecular formula is C13H10Br2ClN. The predicted octanol–water partition coefficient (Wildman–Crippen LogP) is 4.91. The molecule has 0 spiro atoms. The van der Waals surface area contributed by atoms with Gasteiger partial charge >= 0.3 is 0 Å². The highest BCUT2D eigenvalue weighted by Crippen LogP contribution is 2.29. The maximum Gasteiger partial charge on any atom is 0.0562 e. The first kappa shape index (κ1) is 13.1. The van der Waals surface area contributed by atoms with Crippen LogP contribution in [0.15, 0.2) is 51.4 Å². The average molecular weight is 375 g/mol. The van der Waals surface area contributed by atoms with Gasteiger partial charge in [-0.3, -0.25) is 0 Å². The fraction of sp³-hybridized carbons (Fsp3) is 0.0769. The lowest BCUT2D eigenvalue weighted by Crippen LogP contribution is -2.12. The van der Waals surface area contributed by atoms with Crippen LogP contribution in [-0.2, 0) is 0 Å². The van der Waals surface area contributed by atoms with Crippen LogP contribution < -0.4 is 5.73 Å². The summed E-state index contributed by atoms with van der Waals surface area (Å²) in [6.07, 6.45) is 0. The Bertz CT molecular complexity index is 525. The Kier molecular flexibility index (Phi) is 4.26. The van der Waals surface area contributed by atoms with Crippen LogP contribution in [-0.4, -0.2) is 0 Å². The van der Waals surface area contributed by atoms with Gasteiger partial charge in [-0.2, -0.15) is 0 Å². The molecule has 1 nitrogen and oxygen atoms in total. The van der Waals surface area contributed by atoms with Gasteiger partial charge in [0.05, 0.1) is 6.04 Å². The first-order valence-electron chi connectivity index (χ1n) is 5.04. The lowest BCUT2D eigenvalue weighted by Gasteiger charge is -2.14. The highest BCUT2D eigenvalue weighted by atomic mass is 79.9. The molecule has 0 saturated heterocycles. The number of hydrogen-bond acceptors (Lipinski definition) is 1. The summed E-state index contributed by atoms with van der Waals surface area (Å²) in [7, 11) is 0. The van der Waals surface area contributed by atoms with E-state index in [2.05, 4.69) is 31.9 Å². The molecule has 2 rings (SSSR count). The van der Waals surface area contributed by atoms with E-state index < -0.39 is 0 Å². The van der Waals surface area contributed by atoms with E-state index in [4.69, 9.17) is 17.3 Å². The van der Waals surface area contributed by atoms with E-state index in [1.54, 1.807) is 0 Å². The second-order valence-electron chi connectivity index (χ2n) is 3.70. The molecule has 2 aromatic carbocycles. The van der Waals surface area contributed by atoms with Gasteiger partial charge in [-0.1, -0.05) is 61.7 Å². The number of rotatable bonds is 2. The van der Waals surface area contributed by atoms with E-state index in [1.165, 1.54) is 0 Å². The second-order valence-corrected chi connectivity index (χ2v) is 5.90. The molecule has 0 aliphatic rings. The summed E-state index contributed by atoms with van der Waals surface area (Å²) in [5, 5.41) is 0.698. The normalized spacial score (nSPS) is 12.5. The summed E-state index contributed by atoms with van der Waals surface area (Å²) in [6.45, 7) is 0. The molecular weight excluding hydrogens is 365 g/mol. The zero-order chi connectivity index (χ0) is 12.4. The Hall–Kier alpha value is -0.350. The van der Waals surface area contributed by atoms with Crippen molar-refractivity contribution >= 4 is 43.5 Å². The maximum absolute atomic E-state index is 6.23. The van der Waals surface area contributed by atoms with E-state index in [9.17, 15) is 0 Å². The Morgan fingerprint density at radius 1 is 1.00 bits per heavy atom. The van der Waals surface area contributed by atoms with Crippen molar-refractivity contribution in [2.75, 3.05) is 0 Å². The van der Waals surface area contributed by atoms with Crippen LogP contribution in [0.4, 0.5) is 0 Å². The maximum atomic E-state index is 6.23. The molecule has 0 aliphatic carbocycles. The lowest BCUT2D eigenvalue weighted by atomic mass is 10.00. The molecule has 2 N–H and O–H groups in total. The molecule has 0 bridgehead atoms. The smallest absolute Gasteiger partial charge is 0.0562 e. The van der Waals surface area contributed by atoms with E-state index in [0.29, 0.717) is 5.02 Å². The third-order valence-electron chi connectivity index (χ3n) is 2.53. The monoisotopic (exact) mass is 373 g/mol. The van der Waals surface area contributed by atoms with Gasteiger partial charge in [0.15, 0.2) is 0 Å². The summed E-state index contributed by atoms with van der Waals surface area (Å²) in [5.74, 6) is 0. The minimum absolute atomic E-state index is 0.158. The van der Waals surface area contributed by atoms with Gasteiger partial charge in [-0.05, 0) is 35.4 Å². The van der Waals surface area contributed by atoms with Crippen molar-refractivity contribution in [2.24, 2.45) is 5.73 Å². The zero-order valence-corrected chi connectivity index (χ0v) is 12.8. The zero-order valence-electron chi connectivity index (χ0n) is 8.83. The van der Waals surface area contributed by atoms with Gasteiger partial charge < -0.3 is 5.73 Å². The van der Waals surface area contributed by atoms with Crippen LogP contribution in [0.2, 0.25) is 5.02 Å². The van der Waals surface area contributed by atoms with Crippen molar-refractivity contribution in [1.82, 2.24) is 0 Å². The standard InChI is InChI=1S/C13H10Br2ClN/c14-9-3-1-8(2-4-9)13(17)11-6-5-10(16)7-12(11)15/h1-7,13H,17H2. The Balaban J connectivity index is 2.36. The molecule has 4 heteroatoms. The first-order chi connectivity index (χ1) is 8.08. The topological polar surface area (TPSA) is 26.0 Å².